The fraction of sp³-hybridized carbons (Fsp3) is 0.500. The fourth-order valence-corrected chi connectivity index (χ4v) is 2.41. The molecule has 0 bridgehead atoms. The molecular formula is C12H18FNO3S. The van der Waals surface area contributed by atoms with E-state index in [-0.39, 0.29) is 12.4 Å². The lowest BCUT2D eigenvalue weighted by Gasteiger charge is -2.12. The first kappa shape index (κ1) is 15.1. The van der Waals surface area contributed by atoms with Crippen LogP contribution in [0.3, 0.4) is 0 Å². The van der Waals surface area contributed by atoms with Gasteiger partial charge in [0.25, 0.3) is 0 Å². The van der Waals surface area contributed by atoms with Crippen molar-refractivity contribution in [3.8, 4) is 0 Å². The Balaban J connectivity index is 2.82. The number of hydrogen-bond donors (Lipinski definition) is 2. The van der Waals surface area contributed by atoms with Gasteiger partial charge in [-0.3, -0.25) is 0 Å². The van der Waals surface area contributed by atoms with Crippen LogP contribution in [0.5, 0.6) is 0 Å². The topological polar surface area (TPSA) is 66.4 Å². The van der Waals surface area contributed by atoms with E-state index in [0.717, 1.165) is 0 Å². The Bertz CT molecular complexity index is 505. The third-order valence-corrected chi connectivity index (χ3v) is 4.52. The monoisotopic (exact) mass is 275 g/mol. The van der Waals surface area contributed by atoms with Crippen LogP contribution in [0.25, 0.3) is 0 Å². The SMILES string of the molecule is Cc1cc(CNS(=O)(=O)C(C)CO)cc(C)c1F. The third-order valence-electron chi connectivity index (χ3n) is 2.76. The highest BCUT2D eigenvalue weighted by atomic mass is 32.2. The predicted molar refractivity (Wildman–Crippen MR) is 68.2 cm³/mol. The lowest BCUT2D eigenvalue weighted by molar-refractivity contribution is 0.294. The van der Waals surface area contributed by atoms with Gasteiger partial charge in [-0.15, -0.1) is 0 Å². The molecule has 0 fully saturated rings. The molecule has 0 saturated carbocycles. The highest BCUT2D eigenvalue weighted by molar-refractivity contribution is 7.90. The van der Waals surface area contributed by atoms with E-state index in [1.165, 1.54) is 6.92 Å². The van der Waals surface area contributed by atoms with Crippen LogP contribution in [-0.4, -0.2) is 25.4 Å². The van der Waals surface area contributed by atoms with Crippen LogP contribution in [0.15, 0.2) is 12.1 Å². The first-order valence-electron chi connectivity index (χ1n) is 5.63. The van der Waals surface area contributed by atoms with Crippen LogP contribution in [-0.2, 0) is 16.6 Å². The van der Waals surface area contributed by atoms with E-state index in [1.807, 2.05) is 0 Å². The van der Waals surface area contributed by atoms with Gasteiger partial charge >= 0.3 is 0 Å². The smallest absolute Gasteiger partial charge is 0.216 e. The summed E-state index contributed by atoms with van der Waals surface area (Å²) in [7, 11) is -3.54. The molecule has 2 N–H and O–H groups in total. The largest absolute Gasteiger partial charge is 0.395 e. The van der Waals surface area contributed by atoms with Crippen molar-refractivity contribution < 1.29 is 17.9 Å². The van der Waals surface area contributed by atoms with Crippen molar-refractivity contribution in [1.82, 2.24) is 4.72 Å². The average molecular weight is 275 g/mol. The predicted octanol–water partition coefficient (Wildman–Crippen LogP) is 1.24. The summed E-state index contributed by atoms with van der Waals surface area (Å²) in [6.45, 7) is 4.35. The van der Waals surface area contributed by atoms with Gasteiger partial charge in [-0.05, 0) is 37.5 Å². The molecule has 0 aromatic heterocycles. The van der Waals surface area contributed by atoms with Gasteiger partial charge in [0.1, 0.15) is 5.82 Å². The molecule has 0 radical (unpaired) electrons. The number of halogens is 1. The Kier molecular flexibility index (Phi) is 4.84. The second-order valence-corrected chi connectivity index (χ2v) is 6.59. The van der Waals surface area contributed by atoms with Gasteiger partial charge in [0.05, 0.1) is 11.9 Å². The van der Waals surface area contributed by atoms with Crippen LogP contribution >= 0.6 is 0 Å². The van der Waals surface area contributed by atoms with E-state index in [2.05, 4.69) is 4.72 Å². The normalized spacial score (nSPS) is 13.6. The molecule has 4 nitrogen and oxygen atoms in total. The molecule has 1 atom stereocenters. The van der Waals surface area contributed by atoms with Crippen molar-refractivity contribution >= 4 is 10.0 Å². The van der Waals surface area contributed by atoms with Crippen molar-refractivity contribution in [2.45, 2.75) is 32.6 Å². The highest BCUT2D eigenvalue weighted by Crippen LogP contribution is 2.15. The summed E-state index contributed by atoms with van der Waals surface area (Å²) in [6.07, 6.45) is 0. The zero-order chi connectivity index (χ0) is 13.9. The Hall–Kier alpha value is -0.980. The lowest BCUT2D eigenvalue weighted by Crippen LogP contribution is -2.34. The Morgan fingerprint density at radius 2 is 1.83 bits per heavy atom. The van der Waals surface area contributed by atoms with Gasteiger partial charge in [-0.1, -0.05) is 12.1 Å². The lowest BCUT2D eigenvalue weighted by atomic mass is 10.1. The zero-order valence-corrected chi connectivity index (χ0v) is 11.5. The van der Waals surface area contributed by atoms with E-state index in [9.17, 15) is 12.8 Å². The summed E-state index contributed by atoms with van der Waals surface area (Å²) in [5.74, 6) is -0.273. The van der Waals surface area contributed by atoms with Gasteiger partial charge in [0.2, 0.25) is 10.0 Å². The molecule has 6 heteroatoms. The summed E-state index contributed by atoms with van der Waals surface area (Å²) < 4.78 is 39.0. The molecule has 1 rings (SSSR count). The van der Waals surface area contributed by atoms with Crippen molar-refractivity contribution in [2.75, 3.05) is 6.61 Å². The van der Waals surface area contributed by atoms with E-state index in [4.69, 9.17) is 5.11 Å². The maximum Gasteiger partial charge on any atom is 0.216 e. The van der Waals surface area contributed by atoms with Crippen LogP contribution in [0, 0.1) is 19.7 Å². The van der Waals surface area contributed by atoms with E-state index in [0.29, 0.717) is 16.7 Å². The second kappa shape index (κ2) is 5.77. The van der Waals surface area contributed by atoms with Crippen molar-refractivity contribution in [3.05, 3.63) is 34.6 Å². The molecular weight excluding hydrogens is 257 g/mol. The molecule has 0 aliphatic rings. The molecule has 1 aromatic rings. The maximum atomic E-state index is 13.4. The minimum atomic E-state index is -3.54. The Morgan fingerprint density at radius 3 is 2.28 bits per heavy atom. The number of hydrogen-bond acceptors (Lipinski definition) is 3. The molecule has 0 amide bonds. The molecule has 0 saturated heterocycles. The molecule has 18 heavy (non-hydrogen) atoms. The first-order valence-corrected chi connectivity index (χ1v) is 7.17. The highest BCUT2D eigenvalue weighted by Gasteiger charge is 2.19. The van der Waals surface area contributed by atoms with Crippen molar-refractivity contribution in [1.29, 1.82) is 0 Å². The summed E-state index contributed by atoms with van der Waals surface area (Å²) in [4.78, 5) is 0. The zero-order valence-electron chi connectivity index (χ0n) is 10.7. The van der Waals surface area contributed by atoms with Gasteiger partial charge in [0.15, 0.2) is 0 Å². The van der Waals surface area contributed by atoms with Crippen LogP contribution < -0.4 is 4.72 Å². The average Bonchev–Trinajstić information content (AvgIpc) is 2.32. The van der Waals surface area contributed by atoms with Crippen molar-refractivity contribution in [3.63, 3.8) is 0 Å². The fourth-order valence-electron chi connectivity index (χ4n) is 1.56. The molecule has 0 heterocycles. The molecule has 0 spiro atoms. The second-order valence-electron chi connectivity index (χ2n) is 4.40. The molecule has 0 aliphatic heterocycles. The molecule has 1 unspecified atom stereocenters. The van der Waals surface area contributed by atoms with E-state index < -0.39 is 21.9 Å². The maximum absolute atomic E-state index is 13.4. The number of aliphatic hydroxyl groups excluding tert-OH is 1. The van der Waals surface area contributed by atoms with Crippen LogP contribution in [0.2, 0.25) is 0 Å². The van der Waals surface area contributed by atoms with E-state index >= 15 is 0 Å². The minimum absolute atomic E-state index is 0.0919. The van der Waals surface area contributed by atoms with E-state index in [1.54, 1.807) is 26.0 Å². The number of sulfonamides is 1. The number of aryl methyl sites for hydroxylation is 2. The summed E-state index contributed by atoms with van der Waals surface area (Å²) in [6, 6.07) is 3.21. The summed E-state index contributed by atoms with van der Waals surface area (Å²) >= 11 is 0. The standard InChI is InChI=1S/C12H18FNO3S/c1-8-4-11(5-9(2)12(8)13)6-14-18(16,17)10(3)7-15/h4-5,10,14-15H,6-7H2,1-3H3. The van der Waals surface area contributed by atoms with Gasteiger partial charge in [0, 0.05) is 6.54 Å². The Morgan fingerprint density at radius 1 is 1.33 bits per heavy atom. The van der Waals surface area contributed by atoms with Gasteiger partial charge in [-0.2, -0.15) is 0 Å². The van der Waals surface area contributed by atoms with Gasteiger partial charge < -0.3 is 5.11 Å². The number of nitrogens with one attached hydrogen (secondary N) is 1. The third kappa shape index (κ3) is 3.51. The summed E-state index contributed by atoms with van der Waals surface area (Å²) in [5, 5.41) is 7.96. The molecule has 102 valence electrons. The molecule has 1 aromatic carbocycles. The number of benzene rings is 1. The van der Waals surface area contributed by atoms with Gasteiger partial charge in [-0.25, -0.2) is 17.5 Å². The quantitative estimate of drug-likeness (QED) is 0.849. The van der Waals surface area contributed by atoms with Crippen LogP contribution in [0.4, 0.5) is 4.39 Å². The Labute approximate surface area is 107 Å². The number of aliphatic hydroxyl groups is 1. The molecule has 0 aliphatic carbocycles. The number of rotatable bonds is 5. The van der Waals surface area contributed by atoms with Crippen LogP contribution in [0.1, 0.15) is 23.6 Å². The minimum Gasteiger partial charge on any atom is -0.395 e. The first-order chi connectivity index (χ1) is 8.27. The summed E-state index contributed by atoms with van der Waals surface area (Å²) in [5.41, 5.74) is 1.67. The van der Waals surface area contributed by atoms with Crippen molar-refractivity contribution in [2.24, 2.45) is 0 Å².